The Morgan fingerprint density at radius 2 is 1.96 bits per heavy atom. The van der Waals surface area contributed by atoms with Crippen molar-refractivity contribution in [2.24, 2.45) is 5.92 Å². The van der Waals surface area contributed by atoms with Gasteiger partial charge >= 0.3 is 5.97 Å². The first-order valence-corrected chi connectivity index (χ1v) is 8.75. The number of carbonyl (C=O) groups is 1. The number of halogens is 2. The number of piperidine rings is 1. The van der Waals surface area contributed by atoms with Gasteiger partial charge in [0.05, 0.1) is 12.0 Å². The molecule has 0 aliphatic carbocycles. The zero-order valence-corrected chi connectivity index (χ0v) is 14.2. The first kappa shape index (κ1) is 17.0. The largest absolute Gasteiger partial charge is 0.481 e. The van der Waals surface area contributed by atoms with E-state index in [1.165, 1.54) is 12.1 Å². The van der Waals surface area contributed by atoms with Gasteiger partial charge in [0, 0.05) is 21.4 Å². The van der Waals surface area contributed by atoms with E-state index in [0.717, 1.165) is 15.8 Å². The summed E-state index contributed by atoms with van der Waals surface area (Å²) in [6.07, 6.45) is 1.08. The van der Waals surface area contributed by atoms with Crippen molar-refractivity contribution in [2.75, 3.05) is 13.1 Å². The van der Waals surface area contributed by atoms with E-state index >= 15 is 0 Å². The van der Waals surface area contributed by atoms with Gasteiger partial charge in [-0.15, -0.1) is 11.3 Å². The highest BCUT2D eigenvalue weighted by atomic mass is 32.1. The maximum absolute atomic E-state index is 14.4. The lowest BCUT2D eigenvalue weighted by Crippen LogP contribution is -2.39. The highest BCUT2D eigenvalue weighted by Crippen LogP contribution is 2.37. The molecule has 3 nitrogen and oxygen atoms in total. The number of thiophene rings is 1. The molecule has 0 spiro atoms. The van der Waals surface area contributed by atoms with E-state index in [1.807, 2.05) is 19.1 Å². The van der Waals surface area contributed by atoms with Gasteiger partial charge in [-0.05, 0) is 51.1 Å². The average Bonchev–Trinajstić information content (AvgIpc) is 2.96. The molecule has 1 fully saturated rings. The van der Waals surface area contributed by atoms with Crippen molar-refractivity contribution in [1.82, 2.24) is 4.90 Å². The van der Waals surface area contributed by atoms with Crippen molar-refractivity contribution >= 4 is 17.3 Å². The molecule has 1 atom stereocenters. The minimum absolute atomic E-state index is 0.306. The second-order valence-electron chi connectivity index (χ2n) is 6.17. The Morgan fingerprint density at radius 3 is 2.50 bits per heavy atom. The van der Waals surface area contributed by atoms with Crippen LogP contribution in [0.2, 0.25) is 0 Å². The first-order valence-electron chi connectivity index (χ1n) is 7.94. The van der Waals surface area contributed by atoms with Crippen LogP contribution in [0.15, 0.2) is 30.3 Å². The molecular formula is C18H19F2NO2S. The van der Waals surface area contributed by atoms with Crippen LogP contribution in [0.4, 0.5) is 8.78 Å². The average molecular weight is 351 g/mol. The van der Waals surface area contributed by atoms with Crippen molar-refractivity contribution in [1.29, 1.82) is 0 Å². The van der Waals surface area contributed by atoms with Crippen molar-refractivity contribution < 1.29 is 18.7 Å². The van der Waals surface area contributed by atoms with Gasteiger partial charge in [0.25, 0.3) is 0 Å². The van der Waals surface area contributed by atoms with Gasteiger partial charge in [-0.1, -0.05) is 6.07 Å². The van der Waals surface area contributed by atoms with Crippen LogP contribution >= 0.6 is 11.3 Å². The molecule has 128 valence electrons. The van der Waals surface area contributed by atoms with E-state index < -0.39 is 17.6 Å². The Morgan fingerprint density at radius 1 is 1.25 bits per heavy atom. The molecule has 1 aliphatic rings. The van der Waals surface area contributed by atoms with Crippen LogP contribution in [0, 0.1) is 24.5 Å². The first-order chi connectivity index (χ1) is 11.5. The zero-order valence-electron chi connectivity index (χ0n) is 13.3. The quantitative estimate of drug-likeness (QED) is 0.897. The van der Waals surface area contributed by atoms with Gasteiger partial charge < -0.3 is 5.11 Å². The highest BCUT2D eigenvalue weighted by Gasteiger charge is 2.32. The number of rotatable bonds is 4. The number of carboxylic acids is 1. The fraction of sp³-hybridized carbons (Fsp3) is 0.389. The Balaban J connectivity index is 1.93. The van der Waals surface area contributed by atoms with E-state index in [1.54, 1.807) is 11.3 Å². The highest BCUT2D eigenvalue weighted by molar-refractivity contribution is 7.12. The van der Waals surface area contributed by atoms with Gasteiger partial charge in [0.1, 0.15) is 11.6 Å². The summed E-state index contributed by atoms with van der Waals surface area (Å²) in [6, 6.07) is 7.32. The van der Waals surface area contributed by atoms with E-state index in [4.69, 9.17) is 5.11 Å². The third kappa shape index (κ3) is 3.49. The summed E-state index contributed by atoms with van der Waals surface area (Å²) in [5.41, 5.74) is 0.437. The molecule has 1 aromatic heterocycles. The van der Waals surface area contributed by atoms with Crippen molar-refractivity contribution in [3.05, 3.63) is 57.3 Å². The summed E-state index contributed by atoms with van der Waals surface area (Å²) in [6.45, 7) is 3.15. The second kappa shape index (κ2) is 6.99. The summed E-state index contributed by atoms with van der Waals surface area (Å²) in [4.78, 5) is 15.4. The molecule has 2 aromatic rings. The number of nitrogens with zero attached hydrogens (tertiary/aromatic N) is 1. The van der Waals surface area contributed by atoms with Crippen LogP contribution in [-0.4, -0.2) is 29.1 Å². The number of aliphatic carboxylic acids is 1. The Labute approximate surface area is 143 Å². The van der Waals surface area contributed by atoms with Crippen molar-refractivity contribution in [2.45, 2.75) is 25.8 Å². The Kier molecular flexibility index (Phi) is 4.96. The molecule has 1 saturated heterocycles. The topological polar surface area (TPSA) is 40.5 Å². The summed E-state index contributed by atoms with van der Waals surface area (Å²) in [5, 5.41) is 9.16. The van der Waals surface area contributed by atoms with Crippen molar-refractivity contribution in [3.63, 3.8) is 0 Å². The van der Waals surface area contributed by atoms with Crippen LogP contribution < -0.4 is 0 Å². The molecule has 1 aromatic carbocycles. The number of benzene rings is 1. The van der Waals surface area contributed by atoms with Gasteiger partial charge in [-0.2, -0.15) is 0 Å². The van der Waals surface area contributed by atoms with Crippen LogP contribution in [0.5, 0.6) is 0 Å². The van der Waals surface area contributed by atoms with E-state index in [-0.39, 0.29) is 12.0 Å². The molecule has 1 aliphatic heterocycles. The van der Waals surface area contributed by atoms with Crippen LogP contribution in [-0.2, 0) is 4.79 Å². The van der Waals surface area contributed by atoms with Gasteiger partial charge in [-0.25, -0.2) is 8.78 Å². The summed E-state index contributed by atoms with van der Waals surface area (Å²) in [5.74, 6) is -2.27. The fourth-order valence-electron chi connectivity index (χ4n) is 3.26. The number of carboxylic acid groups (broad SMARTS) is 1. The summed E-state index contributed by atoms with van der Waals surface area (Å²) in [7, 11) is 0. The van der Waals surface area contributed by atoms with Crippen molar-refractivity contribution in [3.8, 4) is 0 Å². The Bertz CT molecular complexity index is 738. The molecule has 0 saturated carbocycles. The lowest BCUT2D eigenvalue weighted by Gasteiger charge is -2.36. The van der Waals surface area contributed by atoms with Gasteiger partial charge in [0.2, 0.25) is 0 Å². The minimum Gasteiger partial charge on any atom is -0.481 e. The predicted octanol–water partition coefficient (Wildman–Crippen LogP) is 4.22. The molecule has 3 rings (SSSR count). The number of hydrogen-bond acceptors (Lipinski definition) is 3. The molecule has 0 amide bonds. The van der Waals surface area contributed by atoms with E-state index in [9.17, 15) is 13.6 Å². The normalized spacial score (nSPS) is 17.8. The molecule has 0 bridgehead atoms. The molecule has 24 heavy (non-hydrogen) atoms. The minimum atomic E-state index is -0.772. The number of likely N-dealkylation sites (tertiary alicyclic amines) is 1. The maximum atomic E-state index is 14.4. The Hall–Kier alpha value is -1.79. The van der Waals surface area contributed by atoms with E-state index in [0.29, 0.717) is 31.5 Å². The SMILES string of the molecule is Cc1ccc(C(c2ccc(F)cc2F)N2CCC(C(=O)O)CC2)s1. The molecule has 2 heterocycles. The van der Waals surface area contributed by atoms with E-state index in [2.05, 4.69) is 4.90 Å². The molecular weight excluding hydrogens is 332 g/mol. The predicted molar refractivity (Wildman–Crippen MR) is 89.2 cm³/mol. The fourth-order valence-corrected chi connectivity index (χ4v) is 4.29. The molecule has 1 N–H and O–H groups in total. The third-order valence-corrected chi connectivity index (χ3v) is 5.58. The molecule has 0 radical (unpaired) electrons. The maximum Gasteiger partial charge on any atom is 0.306 e. The summed E-state index contributed by atoms with van der Waals surface area (Å²) < 4.78 is 27.7. The van der Waals surface area contributed by atoms with Gasteiger partial charge in [-0.3, -0.25) is 9.69 Å². The monoisotopic (exact) mass is 351 g/mol. The summed E-state index contributed by atoms with van der Waals surface area (Å²) >= 11 is 1.59. The third-order valence-electron chi connectivity index (χ3n) is 4.53. The van der Waals surface area contributed by atoms with Gasteiger partial charge in [0.15, 0.2) is 0 Å². The number of aryl methyl sites for hydroxylation is 1. The molecule has 6 heteroatoms. The van der Waals surface area contributed by atoms with Crippen LogP contribution in [0.1, 0.15) is 34.2 Å². The van der Waals surface area contributed by atoms with Crippen LogP contribution in [0.3, 0.4) is 0 Å². The smallest absolute Gasteiger partial charge is 0.306 e. The number of hydrogen-bond donors (Lipinski definition) is 1. The lowest BCUT2D eigenvalue weighted by molar-refractivity contribution is -0.143. The van der Waals surface area contributed by atoms with Crippen LogP contribution in [0.25, 0.3) is 0 Å². The second-order valence-corrected chi connectivity index (χ2v) is 7.48. The standard InChI is InChI=1S/C18H19F2NO2S/c1-11-2-5-16(24-11)17(14-4-3-13(19)10-15(14)20)21-8-6-12(7-9-21)18(22)23/h2-5,10,12,17H,6-9H2,1H3,(H,22,23). The lowest BCUT2D eigenvalue weighted by atomic mass is 9.93. The molecule has 1 unspecified atom stereocenters. The zero-order chi connectivity index (χ0) is 17.3.